The summed E-state index contributed by atoms with van der Waals surface area (Å²) in [5.74, 6) is -0.594. The van der Waals surface area contributed by atoms with E-state index >= 15 is 0 Å². The molecule has 0 saturated carbocycles. The third kappa shape index (κ3) is 29.0. The number of nitrogens with one attached hydrogen (secondary N) is 1. The van der Waals surface area contributed by atoms with Crippen LogP contribution in [-0.4, -0.2) is 57.3 Å². The largest absolute Gasteiger partial charge is 0.394 e. The Kier molecular flexibility index (Phi) is 33.7. The normalized spacial score (nSPS) is 14.5. The number of allylic oxidation sites excluding steroid dienone is 2. The molecule has 45 heavy (non-hydrogen) atoms. The van der Waals surface area contributed by atoms with Gasteiger partial charge in [-0.25, -0.2) is 0 Å². The van der Waals surface area contributed by atoms with Crippen molar-refractivity contribution >= 4 is 5.91 Å². The molecule has 4 unspecified atom stereocenters. The summed E-state index contributed by atoms with van der Waals surface area (Å²) in [7, 11) is 0. The maximum atomic E-state index is 12.4. The maximum absolute atomic E-state index is 12.4. The molecule has 0 aliphatic carbocycles. The number of carbonyl (C=O) groups is 1. The first kappa shape index (κ1) is 44.0. The summed E-state index contributed by atoms with van der Waals surface area (Å²) in [5.41, 5.74) is 0. The molecular formula is C39H77NO5. The Morgan fingerprint density at radius 1 is 0.533 bits per heavy atom. The second-order valence-electron chi connectivity index (χ2n) is 13.6. The van der Waals surface area contributed by atoms with Gasteiger partial charge >= 0.3 is 0 Å². The minimum Gasteiger partial charge on any atom is -0.394 e. The van der Waals surface area contributed by atoms with Crippen molar-refractivity contribution in [3.05, 3.63) is 12.2 Å². The molecule has 5 N–H and O–H groups in total. The number of rotatable bonds is 35. The van der Waals surface area contributed by atoms with Gasteiger partial charge in [0.25, 0.3) is 0 Å². The van der Waals surface area contributed by atoms with E-state index in [1.807, 2.05) is 0 Å². The van der Waals surface area contributed by atoms with Gasteiger partial charge in [-0.05, 0) is 38.5 Å². The lowest BCUT2D eigenvalue weighted by Crippen LogP contribution is -2.53. The Bertz CT molecular complexity index is 643. The van der Waals surface area contributed by atoms with Crippen molar-refractivity contribution < 1.29 is 25.2 Å². The van der Waals surface area contributed by atoms with Crippen molar-refractivity contribution in [2.24, 2.45) is 0 Å². The van der Waals surface area contributed by atoms with Crippen LogP contribution in [0.1, 0.15) is 200 Å². The smallest absolute Gasteiger partial charge is 0.249 e. The molecule has 1 amide bonds. The number of hydrogen-bond acceptors (Lipinski definition) is 5. The number of hydrogen-bond donors (Lipinski definition) is 5. The lowest BCUT2D eigenvalue weighted by atomic mass is 10.00. The summed E-state index contributed by atoms with van der Waals surface area (Å²) in [4.78, 5) is 12.4. The van der Waals surface area contributed by atoms with Gasteiger partial charge in [0, 0.05) is 0 Å². The van der Waals surface area contributed by atoms with E-state index in [-0.39, 0.29) is 0 Å². The van der Waals surface area contributed by atoms with Crippen LogP contribution in [0, 0.1) is 0 Å². The van der Waals surface area contributed by atoms with Crippen LogP contribution in [0.2, 0.25) is 0 Å². The van der Waals surface area contributed by atoms with E-state index in [4.69, 9.17) is 0 Å². The minimum atomic E-state index is -1.28. The fourth-order valence-electron chi connectivity index (χ4n) is 6.05. The van der Waals surface area contributed by atoms with Crippen molar-refractivity contribution in [1.29, 1.82) is 0 Å². The average molecular weight is 640 g/mol. The predicted octanol–water partition coefficient (Wildman–Crippen LogP) is 9.46. The second-order valence-corrected chi connectivity index (χ2v) is 13.6. The Morgan fingerprint density at radius 2 is 0.911 bits per heavy atom. The highest BCUT2D eigenvalue weighted by Gasteiger charge is 2.28. The first-order valence-corrected chi connectivity index (χ1v) is 19.6. The van der Waals surface area contributed by atoms with Crippen LogP contribution in [0.25, 0.3) is 0 Å². The molecule has 0 aliphatic rings. The first-order chi connectivity index (χ1) is 22.0. The lowest BCUT2D eigenvalue weighted by molar-refractivity contribution is -0.132. The van der Waals surface area contributed by atoms with E-state index < -0.39 is 36.9 Å². The molecule has 0 aromatic heterocycles. The molecule has 0 radical (unpaired) electrons. The number of carbonyl (C=O) groups excluding carboxylic acids is 1. The third-order valence-corrected chi connectivity index (χ3v) is 9.23. The van der Waals surface area contributed by atoms with Gasteiger partial charge in [-0.3, -0.25) is 4.79 Å². The summed E-state index contributed by atoms with van der Waals surface area (Å²) in [6.07, 6.45) is 35.2. The molecule has 6 heteroatoms. The van der Waals surface area contributed by atoms with Crippen LogP contribution >= 0.6 is 0 Å². The van der Waals surface area contributed by atoms with E-state index in [2.05, 4.69) is 31.3 Å². The van der Waals surface area contributed by atoms with Crippen molar-refractivity contribution in [3.63, 3.8) is 0 Å². The molecule has 0 rings (SSSR count). The zero-order valence-corrected chi connectivity index (χ0v) is 29.9. The Balaban J connectivity index is 3.80. The molecule has 0 fully saturated rings. The monoisotopic (exact) mass is 640 g/mol. The molecular weight excluding hydrogens is 562 g/mol. The summed E-state index contributed by atoms with van der Waals surface area (Å²) < 4.78 is 0. The topological polar surface area (TPSA) is 110 Å². The fourth-order valence-corrected chi connectivity index (χ4v) is 6.05. The van der Waals surface area contributed by atoms with Gasteiger partial charge in [-0.2, -0.15) is 0 Å². The molecule has 0 aromatic carbocycles. The van der Waals surface area contributed by atoms with Crippen LogP contribution in [-0.2, 0) is 4.79 Å². The van der Waals surface area contributed by atoms with Gasteiger partial charge in [0.05, 0.1) is 18.8 Å². The summed E-state index contributed by atoms with van der Waals surface area (Å²) in [5, 5.41) is 43.4. The number of amides is 1. The maximum Gasteiger partial charge on any atom is 0.249 e. The zero-order chi connectivity index (χ0) is 33.2. The fraction of sp³-hybridized carbons (Fsp3) is 0.923. The first-order valence-electron chi connectivity index (χ1n) is 19.6. The second kappa shape index (κ2) is 34.4. The quantitative estimate of drug-likeness (QED) is 0.0350. The number of unbranched alkanes of at least 4 members (excludes halogenated alkanes) is 24. The Hall–Kier alpha value is -0.950. The van der Waals surface area contributed by atoms with Crippen LogP contribution in [0.4, 0.5) is 0 Å². The molecule has 0 bridgehead atoms. The van der Waals surface area contributed by atoms with E-state index in [0.717, 1.165) is 38.5 Å². The minimum absolute atomic E-state index is 0.366. The summed E-state index contributed by atoms with van der Waals surface area (Å²) >= 11 is 0. The number of aliphatic hydroxyl groups is 4. The Morgan fingerprint density at radius 3 is 1.33 bits per heavy atom. The molecule has 4 atom stereocenters. The SMILES string of the molecule is CCCCCCCCCCCCCCC/C=C/CCCC(O)C(O)C(CO)NC(=O)C(O)CCCCCCCCCCCCC. The molecule has 0 heterocycles. The van der Waals surface area contributed by atoms with Gasteiger partial charge in [-0.15, -0.1) is 0 Å². The average Bonchev–Trinajstić information content (AvgIpc) is 3.04. The molecule has 0 aliphatic heterocycles. The van der Waals surface area contributed by atoms with Gasteiger partial charge in [0.1, 0.15) is 12.2 Å². The standard InChI is InChI=1S/C39H77NO5/c1-3-5-7-9-11-13-15-16-17-18-19-20-21-23-24-26-28-30-32-36(42)38(44)35(34-41)40-39(45)37(43)33-31-29-27-25-22-14-12-10-8-6-4-2/h24,26,35-38,41-44H,3-23,25,27-34H2,1-2H3,(H,40,45)/b26-24+. The van der Waals surface area contributed by atoms with Gasteiger partial charge in [-0.1, -0.05) is 174 Å². The predicted molar refractivity (Wildman–Crippen MR) is 191 cm³/mol. The van der Waals surface area contributed by atoms with Crippen LogP contribution in [0.15, 0.2) is 12.2 Å². The zero-order valence-electron chi connectivity index (χ0n) is 29.9. The highest BCUT2D eigenvalue weighted by molar-refractivity contribution is 5.80. The Labute approximate surface area is 279 Å². The highest BCUT2D eigenvalue weighted by Crippen LogP contribution is 2.15. The molecule has 0 spiro atoms. The van der Waals surface area contributed by atoms with Crippen LogP contribution in [0.5, 0.6) is 0 Å². The molecule has 0 aromatic rings. The lowest BCUT2D eigenvalue weighted by Gasteiger charge is -2.27. The van der Waals surface area contributed by atoms with Crippen molar-refractivity contribution in [1.82, 2.24) is 5.32 Å². The molecule has 268 valence electrons. The van der Waals surface area contributed by atoms with Crippen molar-refractivity contribution in [2.75, 3.05) is 6.61 Å². The summed E-state index contributed by atoms with van der Waals surface area (Å²) in [6, 6.07) is -0.995. The van der Waals surface area contributed by atoms with Crippen LogP contribution < -0.4 is 5.32 Å². The van der Waals surface area contributed by atoms with E-state index in [1.165, 1.54) is 135 Å². The van der Waals surface area contributed by atoms with E-state index in [1.54, 1.807) is 0 Å². The van der Waals surface area contributed by atoms with Gasteiger partial charge < -0.3 is 25.7 Å². The number of aliphatic hydroxyl groups excluding tert-OH is 4. The van der Waals surface area contributed by atoms with E-state index in [0.29, 0.717) is 12.8 Å². The van der Waals surface area contributed by atoms with Gasteiger partial charge in [0.15, 0.2) is 0 Å². The highest BCUT2D eigenvalue weighted by atomic mass is 16.3. The van der Waals surface area contributed by atoms with E-state index in [9.17, 15) is 25.2 Å². The third-order valence-electron chi connectivity index (χ3n) is 9.23. The van der Waals surface area contributed by atoms with Crippen LogP contribution in [0.3, 0.4) is 0 Å². The molecule has 0 saturated heterocycles. The van der Waals surface area contributed by atoms with Crippen molar-refractivity contribution in [3.8, 4) is 0 Å². The summed E-state index contributed by atoms with van der Waals surface area (Å²) in [6.45, 7) is 4.02. The van der Waals surface area contributed by atoms with Gasteiger partial charge in [0.2, 0.25) is 5.91 Å². The van der Waals surface area contributed by atoms with Crippen molar-refractivity contribution in [2.45, 2.75) is 224 Å². The molecule has 6 nitrogen and oxygen atoms in total.